The monoisotopic (exact) mass is 454 g/mol. The van der Waals surface area contributed by atoms with Crippen LogP contribution in [0.25, 0.3) is 0 Å². The second kappa shape index (κ2) is 8.69. The van der Waals surface area contributed by atoms with Crippen LogP contribution in [0.1, 0.15) is 54.7 Å². The van der Waals surface area contributed by atoms with Crippen molar-refractivity contribution >= 4 is 29.9 Å². The Balaban J connectivity index is 0.00000225. The van der Waals surface area contributed by atoms with Crippen molar-refractivity contribution in [3.05, 3.63) is 52.9 Å². The van der Waals surface area contributed by atoms with E-state index in [2.05, 4.69) is 65.8 Å². The molecule has 1 heterocycles. The number of hydrogen-bond donors (Lipinski definition) is 2. The lowest BCUT2D eigenvalue weighted by atomic mass is 10.0. The zero-order chi connectivity index (χ0) is 17.1. The predicted octanol–water partition coefficient (Wildman–Crippen LogP) is 3.95. The maximum absolute atomic E-state index is 5.35. The first-order chi connectivity index (χ1) is 11.6. The largest absolute Gasteiger partial charge is 0.359 e. The van der Waals surface area contributed by atoms with Crippen molar-refractivity contribution in [3.63, 3.8) is 0 Å². The number of nitrogens with zero attached hydrogens (tertiary/aromatic N) is 2. The summed E-state index contributed by atoms with van der Waals surface area (Å²) < 4.78 is 5.35. The lowest BCUT2D eigenvalue weighted by Crippen LogP contribution is -2.38. The van der Waals surface area contributed by atoms with Crippen LogP contribution in [-0.4, -0.2) is 24.2 Å². The fourth-order valence-electron chi connectivity index (χ4n) is 2.93. The third-order valence-corrected chi connectivity index (χ3v) is 4.52. The van der Waals surface area contributed by atoms with E-state index < -0.39 is 0 Å². The van der Waals surface area contributed by atoms with Crippen LogP contribution in [0.2, 0.25) is 0 Å². The Kier molecular flexibility index (Phi) is 6.87. The van der Waals surface area contributed by atoms with Gasteiger partial charge in [0.25, 0.3) is 0 Å². The molecule has 0 spiro atoms. The summed E-state index contributed by atoms with van der Waals surface area (Å²) in [6.45, 7) is 6.97. The summed E-state index contributed by atoms with van der Waals surface area (Å²) in [5.41, 5.74) is 3.77. The molecule has 1 aliphatic carbocycles. The highest BCUT2D eigenvalue weighted by atomic mass is 127. The van der Waals surface area contributed by atoms with Gasteiger partial charge in [-0.3, -0.25) is 4.99 Å². The molecule has 3 rings (SSSR count). The van der Waals surface area contributed by atoms with E-state index in [1.165, 1.54) is 11.1 Å². The summed E-state index contributed by atoms with van der Waals surface area (Å²) in [5.74, 6) is 2.58. The molecule has 1 aromatic heterocycles. The van der Waals surface area contributed by atoms with E-state index in [-0.39, 0.29) is 24.0 Å². The minimum Gasteiger partial charge on any atom is -0.359 e. The first-order valence-electron chi connectivity index (χ1n) is 8.56. The zero-order valence-corrected chi connectivity index (χ0v) is 17.6. The Morgan fingerprint density at radius 2 is 2.12 bits per heavy atom. The van der Waals surface area contributed by atoms with Crippen LogP contribution >= 0.6 is 24.0 Å². The first-order valence-corrected chi connectivity index (χ1v) is 8.56. The molecule has 6 heteroatoms. The molecule has 0 saturated heterocycles. The predicted molar refractivity (Wildman–Crippen MR) is 112 cm³/mol. The van der Waals surface area contributed by atoms with Crippen LogP contribution in [-0.2, 0) is 6.54 Å². The molecule has 25 heavy (non-hydrogen) atoms. The number of hydrogen-bond acceptors (Lipinski definition) is 3. The minimum atomic E-state index is 0. The summed E-state index contributed by atoms with van der Waals surface area (Å²) in [7, 11) is 1.79. The fourth-order valence-corrected chi connectivity index (χ4v) is 2.93. The van der Waals surface area contributed by atoms with Gasteiger partial charge in [-0.05, 0) is 30.4 Å². The quantitative estimate of drug-likeness (QED) is 0.408. The summed E-state index contributed by atoms with van der Waals surface area (Å²) in [6.07, 6.45) is 1.14. The molecule has 0 amide bonds. The maximum atomic E-state index is 5.35. The molecule has 1 fully saturated rings. The Hall–Kier alpha value is -1.57. The third-order valence-electron chi connectivity index (χ3n) is 4.52. The smallest absolute Gasteiger partial charge is 0.191 e. The Bertz CT molecular complexity index is 726. The lowest BCUT2D eigenvalue weighted by Gasteiger charge is -2.11. The van der Waals surface area contributed by atoms with E-state index in [1.807, 2.05) is 6.07 Å². The summed E-state index contributed by atoms with van der Waals surface area (Å²) in [4.78, 5) is 4.31. The number of benzene rings is 1. The van der Waals surface area contributed by atoms with Crippen molar-refractivity contribution in [2.75, 3.05) is 7.05 Å². The van der Waals surface area contributed by atoms with Crippen LogP contribution in [0, 0.1) is 6.92 Å². The number of halogens is 1. The highest BCUT2D eigenvalue weighted by Gasteiger charge is 2.39. The van der Waals surface area contributed by atoms with Crippen LogP contribution in [0.4, 0.5) is 0 Å². The highest BCUT2D eigenvalue weighted by molar-refractivity contribution is 14.0. The first kappa shape index (κ1) is 19.8. The van der Waals surface area contributed by atoms with Gasteiger partial charge < -0.3 is 15.2 Å². The Morgan fingerprint density at radius 3 is 2.76 bits per heavy atom. The summed E-state index contributed by atoms with van der Waals surface area (Å²) in [5, 5.41) is 10.9. The SMILES string of the molecule is CN=C(NCc1cc(C(C)C)no1)NC1CC1c1ccccc1C.I. The van der Waals surface area contributed by atoms with Gasteiger partial charge in [0.05, 0.1) is 12.2 Å². The standard InChI is InChI=1S/C19H26N4O.HI/c1-12(2)17-9-14(24-23-17)11-21-19(20-4)22-18-10-16(18)15-8-6-5-7-13(15)3;/h5-9,12,16,18H,10-11H2,1-4H3,(H2,20,21,22);1H. The summed E-state index contributed by atoms with van der Waals surface area (Å²) in [6, 6.07) is 11.0. The van der Waals surface area contributed by atoms with Crippen molar-refractivity contribution in [2.45, 2.75) is 51.6 Å². The second-order valence-corrected chi connectivity index (χ2v) is 6.75. The highest BCUT2D eigenvalue weighted by Crippen LogP contribution is 2.41. The number of guanidine groups is 1. The number of rotatable bonds is 5. The normalized spacial score (nSPS) is 19.5. The fraction of sp³-hybridized carbons (Fsp3) is 0.474. The van der Waals surface area contributed by atoms with Crippen molar-refractivity contribution in [2.24, 2.45) is 4.99 Å². The topological polar surface area (TPSA) is 62.5 Å². The van der Waals surface area contributed by atoms with Gasteiger partial charge in [-0.1, -0.05) is 43.3 Å². The molecule has 2 unspecified atom stereocenters. The summed E-state index contributed by atoms with van der Waals surface area (Å²) >= 11 is 0. The maximum Gasteiger partial charge on any atom is 0.191 e. The van der Waals surface area contributed by atoms with Gasteiger partial charge in [-0.2, -0.15) is 0 Å². The molecule has 2 N–H and O–H groups in total. The molecule has 1 aromatic carbocycles. The molecule has 0 radical (unpaired) electrons. The number of aromatic nitrogens is 1. The average molecular weight is 454 g/mol. The van der Waals surface area contributed by atoms with E-state index in [9.17, 15) is 0 Å². The Labute approximate surface area is 166 Å². The van der Waals surface area contributed by atoms with E-state index in [0.29, 0.717) is 24.4 Å². The van der Waals surface area contributed by atoms with Crippen molar-refractivity contribution in [1.29, 1.82) is 0 Å². The van der Waals surface area contributed by atoms with Crippen molar-refractivity contribution in [1.82, 2.24) is 15.8 Å². The van der Waals surface area contributed by atoms with Crippen LogP contribution in [0.3, 0.4) is 0 Å². The average Bonchev–Trinajstić information content (AvgIpc) is 3.15. The number of nitrogens with one attached hydrogen (secondary N) is 2. The molecular weight excluding hydrogens is 427 g/mol. The van der Waals surface area contributed by atoms with Crippen molar-refractivity contribution < 1.29 is 4.52 Å². The molecule has 136 valence electrons. The van der Waals surface area contributed by atoms with E-state index in [1.54, 1.807) is 7.05 Å². The van der Waals surface area contributed by atoms with Gasteiger partial charge in [-0.15, -0.1) is 24.0 Å². The lowest BCUT2D eigenvalue weighted by molar-refractivity contribution is 0.372. The van der Waals surface area contributed by atoms with Crippen LogP contribution < -0.4 is 10.6 Å². The molecule has 0 bridgehead atoms. The van der Waals surface area contributed by atoms with Gasteiger partial charge >= 0.3 is 0 Å². The zero-order valence-electron chi connectivity index (χ0n) is 15.2. The molecule has 1 saturated carbocycles. The molecule has 1 aliphatic rings. The molecule has 0 aliphatic heterocycles. The number of aryl methyl sites for hydroxylation is 1. The van der Waals surface area contributed by atoms with Gasteiger partial charge in [0.2, 0.25) is 0 Å². The van der Waals surface area contributed by atoms with E-state index in [4.69, 9.17) is 4.52 Å². The third kappa shape index (κ3) is 4.96. The van der Waals surface area contributed by atoms with Crippen molar-refractivity contribution in [3.8, 4) is 0 Å². The van der Waals surface area contributed by atoms with Gasteiger partial charge in [-0.25, -0.2) is 0 Å². The molecule has 2 atom stereocenters. The van der Waals surface area contributed by atoms with E-state index >= 15 is 0 Å². The molecule has 2 aromatic rings. The van der Waals surface area contributed by atoms with Gasteiger partial charge in [0.1, 0.15) is 0 Å². The van der Waals surface area contributed by atoms with Crippen LogP contribution in [0.5, 0.6) is 0 Å². The van der Waals surface area contributed by atoms with Gasteiger partial charge in [0, 0.05) is 25.1 Å². The van der Waals surface area contributed by atoms with Crippen LogP contribution in [0.15, 0.2) is 39.8 Å². The molecular formula is C19H27IN4O. The Morgan fingerprint density at radius 1 is 1.36 bits per heavy atom. The number of aliphatic imine (C=N–C) groups is 1. The second-order valence-electron chi connectivity index (χ2n) is 6.75. The van der Waals surface area contributed by atoms with Gasteiger partial charge in [0.15, 0.2) is 11.7 Å². The molecule has 5 nitrogen and oxygen atoms in total. The minimum absolute atomic E-state index is 0. The van der Waals surface area contributed by atoms with E-state index in [0.717, 1.165) is 23.8 Å².